The van der Waals surface area contributed by atoms with Crippen LogP contribution in [0.1, 0.15) is 29.0 Å². The fourth-order valence-electron chi connectivity index (χ4n) is 3.66. The Morgan fingerprint density at radius 2 is 1.96 bits per heavy atom. The van der Waals surface area contributed by atoms with Crippen molar-refractivity contribution in [1.82, 2.24) is 14.7 Å². The number of carbonyl (C=O) groups excluding carboxylic acids is 1. The van der Waals surface area contributed by atoms with Gasteiger partial charge in [0.1, 0.15) is 11.2 Å². The maximum atomic E-state index is 13.0. The lowest BCUT2D eigenvalue weighted by Crippen LogP contribution is -2.52. The Hall–Kier alpha value is -2.87. The second-order valence-electron chi connectivity index (χ2n) is 7.13. The largest absolute Gasteiger partial charge is 0.497 e. The van der Waals surface area contributed by atoms with Crippen molar-refractivity contribution in [3.63, 3.8) is 0 Å². The number of hydrogen-bond acceptors (Lipinski definition) is 5. The van der Waals surface area contributed by atoms with Gasteiger partial charge in [0, 0.05) is 25.9 Å². The van der Waals surface area contributed by atoms with Gasteiger partial charge in [0.05, 0.1) is 19.4 Å². The Morgan fingerprint density at radius 1 is 1.25 bits per heavy atom. The number of aliphatic carboxylic acids is 1. The van der Waals surface area contributed by atoms with Crippen molar-refractivity contribution in [1.29, 1.82) is 0 Å². The van der Waals surface area contributed by atoms with Gasteiger partial charge >= 0.3 is 5.97 Å². The van der Waals surface area contributed by atoms with Crippen LogP contribution in [0, 0.1) is 12.3 Å². The lowest BCUT2D eigenvalue weighted by Gasteiger charge is -2.39. The van der Waals surface area contributed by atoms with Crippen molar-refractivity contribution in [3.8, 4) is 11.4 Å². The normalized spacial score (nSPS) is 19.5. The first-order valence-corrected chi connectivity index (χ1v) is 9.13. The van der Waals surface area contributed by atoms with E-state index in [1.54, 1.807) is 22.8 Å². The van der Waals surface area contributed by atoms with E-state index in [9.17, 15) is 14.7 Å². The van der Waals surface area contributed by atoms with E-state index in [1.165, 1.54) is 7.11 Å². The highest BCUT2D eigenvalue weighted by Crippen LogP contribution is 2.31. The van der Waals surface area contributed by atoms with Gasteiger partial charge in [0.15, 0.2) is 5.69 Å². The molecule has 1 aromatic carbocycles. The van der Waals surface area contributed by atoms with Crippen LogP contribution in [-0.4, -0.2) is 65.6 Å². The number of amides is 1. The van der Waals surface area contributed by atoms with Crippen LogP contribution in [0.4, 0.5) is 0 Å². The molecule has 1 unspecified atom stereocenters. The zero-order valence-electron chi connectivity index (χ0n) is 16.3. The Morgan fingerprint density at radius 3 is 2.57 bits per heavy atom. The SMILES string of the molecule is COCC1(C(=O)O)CCCN(C(=O)c2cc(C)n(-c3ccc(OC)cc3)n2)C1. The molecule has 8 heteroatoms. The molecule has 1 amide bonds. The Kier molecular flexibility index (Phi) is 5.69. The number of nitrogens with zero attached hydrogens (tertiary/aromatic N) is 3. The summed E-state index contributed by atoms with van der Waals surface area (Å²) in [6.45, 7) is 2.57. The average Bonchev–Trinajstić information content (AvgIpc) is 3.09. The third-order valence-corrected chi connectivity index (χ3v) is 5.16. The second kappa shape index (κ2) is 8.02. The number of carboxylic acids is 1. The number of rotatable bonds is 6. The van der Waals surface area contributed by atoms with Crippen LogP contribution >= 0.6 is 0 Å². The minimum Gasteiger partial charge on any atom is -0.497 e. The van der Waals surface area contributed by atoms with E-state index in [4.69, 9.17) is 9.47 Å². The smallest absolute Gasteiger partial charge is 0.313 e. The summed E-state index contributed by atoms with van der Waals surface area (Å²) in [7, 11) is 3.08. The lowest BCUT2D eigenvalue weighted by atomic mass is 9.80. The molecule has 1 saturated heterocycles. The van der Waals surface area contributed by atoms with Gasteiger partial charge in [0.25, 0.3) is 5.91 Å². The molecule has 3 rings (SSSR count). The van der Waals surface area contributed by atoms with Crippen molar-refractivity contribution in [2.45, 2.75) is 19.8 Å². The zero-order chi connectivity index (χ0) is 20.3. The van der Waals surface area contributed by atoms with Crippen LogP contribution in [0.3, 0.4) is 0 Å². The Labute approximate surface area is 163 Å². The van der Waals surface area contributed by atoms with Gasteiger partial charge in [-0.05, 0) is 50.1 Å². The quantitative estimate of drug-likeness (QED) is 0.816. The minimum atomic E-state index is -1.07. The molecule has 0 bridgehead atoms. The number of carbonyl (C=O) groups is 2. The number of carboxylic acid groups (broad SMARTS) is 1. The van der Waals surface area contributed by atoms with Gasteiger partial charge in [-0.15, -0.1) is 0 Å². The molecule has 1 fully saturated rings. The molecule has 1 aromatic heterocycles. The van der Waals surface area contributed by atoms with Gasteiger partial charge in [0.2, 0.25) is 0 Å². The first-order valence-electron chi connectivity index (χ1n) is 9.13. The highest BCUT2D eigenvalue weighted by molar-refractivity contribution is 5.93. The van der Waals surface area contributed by atoms with Crippen molar-refractivity contribution in [2.75, 3.05) is 33.9 Å². The predicted octanol–water partition coefficient (Wildman–Crippen LogP) is 2.14. The van der Waals surface area contributed by atoms with Crippen LogP contribution in [0.15, 0.2) is 30.3 Å². The first-order chi connectivity index (χ1) is 13.4. The summed E-state index contributed by atoms with van der Waals surface area (Å²) in [4.78, 5) is 26.4. The summed E-state index contributed by atoms with van der Waals surface area (Å²) in [5.74, 6) is -0.468. The van der Waals surface area contributed by atoms with E-state index in [2.05, 4.69) is 5.10 Å². The highest BCUT2D eigenvalue weighted by Gasteiger charge is 2.44. The van der Waals surface area contributed by atoms with E-state index in [-0.39, 0.29) is 19.1 Å². The summed E-state index contributed by atoms with van der Waals surface area (Å²) in [5, 5.41) is 14.1. The lowest BCUT2D eigenvalue weighted by molar-refractivity contribution is -0.155. The average molecular weight is 387 g/mol. The monoisotopic (exact) mass is 387 g/mol. The molecule has 0 saturated carbocycles. The van der Waals surface area contributed by atoms with Crippen molar-refractivity contribution in [2.24, 2.45) is 5.41 Å². The molecular formula is C20H25N3O5. The van der Waals surface area contributed by atoms with E-state index in [0.717, 1.165) is 17.1 Å². The number of hydrogen-bond donors (Lipinski definition) is 1. The number of aromatic nitrogens is 2. The van der Waals surface area contributed by atoms with Crippen LogP contribution in [0.25, 0.3) is 5.69 Å². The maximum absolute atomic E-state index is 13.0. The number of benzene rings is 1. The second-order valence-corrected chi connectivity index (χ2v) is 7.13. The molecule has 1 N–H and O–H groups in total. The van der Waals surface area contributed by atoms with Gasteiger partial charge in [-0.25, -0.2) is 4.68 Å². The van der Waals surface area contributed by atoms with E-state index in [0.29, 0.717) is 25.1 Å². The van der Waals surface area contributed by atoms with Crippen molar-refractivity contribution in [3.05, 3.63) is 41.7 Å². The number of methoxy groups -OCH3 is 2. The first kappa shape index (κ1) is 19.9. The molecule has 28 heavy (non-hydrogen) atoms. The molecule has 150 valence electrons. The Bertz CT molecular complexity index is 857. The third kappa shape index (κ3) is 3.73. The standard InChI is InChI=1S/C20H25N3O5/c1-14-11-17(21-23(14)15-5-7-16(28-3)8-6-15)18(24)22-10-4-9-20(12-22,13-27-2)19(25)26/h5-8,11H,4,9-10,12-13H2,1-3H3,(H,25,26). The van der Waals surface area contributed by atoms with E-state index >= 15 is 0 Å². The molecule has 2 aromatic rings. The third-order valence-electron chi connectivity index (χ3n) is 5.16. The summed E-state index contributed by atoms with van der Waals surface area (Å²) in [5.41, 5.74) is 0.852. The van der Waals surface area contributed by atoms with Crippen molar-refractivity contribution >= 4 is 11.9 Å². The molecule has 1 aliphatic rings. The topological polar surface area (TPSA) is 93.9 Å². The van der Waals surface area contributed by atoms with Gasteiger partial charge in [-0.1, -0.05) is 0 Å². The molecule has 0 spiro atoms. The number of piperidine rings is 1. The summed E-state index contributed by atoms with van der Waals surface area (Å²) < 4.78 is 12.0. The number of aryl methyl sites for hydroxylation is 1. The van der Waals surface area contributed by atoms with Gasteiger partial charge in [-0.3, -0.25) is 9.59 Å². The zero-order valence-corrected chi connectivity index (χ0v) is 16.3. The Balaban J connectivity index is 1.83. The van der Waals surface area contributed by atoms with E-state index in [1.807, 2.05) is 31.2 Å². The molecular weight excluding hydrogens is 362 g/mol. The highest BCUT2D eigenvalue weighted by atomic mass is 16.5. The predicted molar refractivity (Wildman–Crippen MR) is 102 cm³/mol. The summed E-state index contributed by atoms with van der Waals surface area (Å²) >= 11 is 0. The fraction of sp³-hybridized carbons (Fsp3) is 0.450. The molecule has 0 aliphatic carbocycles. The molecule has 8 nitrogen and oxygen atoms in total. The van der Waals surface area contributed by atoms with Crippen LogP contribution in [-0.2, 0) is 9.53 Å². The fourth-order valence-corrected chi connectivity index (χ4v) is 3.66. The van der Waals surface area contributed by atoms with Crippen molar-refractivity contribution < 1.29 is 24.2 Å². The van der Waals surface area contributed by atoms with Crippen LogP contribution in [0.2, 0.25) is 0 Å². The molecule has 1 aliphatic heterocycles. The van der Waals surface area contributed by atoms with Crippen LogP contribution < -0.4 is 4.74 Å². The molecule has 1 atom stereocenters. The van der Waals surface area contributed by atoms with Gasteiger partial charge < -0.3 is 19.5 Å². The van der Waals surface area contributed by atoms with Crippen LogP contribution in [0.5, 0.6) is 5.75 Å². The summed E-state index contributed by atoms with van der Waals surface area (Å²) in [6, 6.07) is 9.10. The number of likely N-dealkylation sites (tertiary alicyclic amines) is 1. The maximum Gasteiger partial charge on any atom is 0.313 e. The molecule has 0 radical (unpaired) electrons. The van der Waals surface area contributed by atoms with Gasteiger partial charge in [-0.2, -0.15) is 5.10 Å². The summed E-state index contributed by atoms with van der Waals surface area (Å²) in [6.07, 6.45) is 1.10. The van der Waals surface area contributed by atoms with E-state index < -0.39 is 11.4 Å². The number of ether oxygens (including phenoxy) is 2. The molecule has 2 heterocycles. The minimum absolute atomic E-state index is 0.0748.